The molecular formula is C19H10ClFN4. The Balaban J connectivity index is 1.92. The Bertz CT molecular complexity index is 1140. The molecule has 0 aliphatic carbocycles. The summed E-state index contributed by atoms with van der Waals surface area (Å²) in [7, 11) is 0. The van der Waals surface area contributed by atoms with Crippen molar-refractivity contribution >= 4 is 17.2 Å². The number of pyridine rings is 2. The first-order chi connectivity index (χ1) is 12.2. The number of rotatable bonds is 2. The van der Waals surface area contributed by atoms with E-state index in [2.05, 4.69) is 16.0 Å². The third kappa shape index (κ3) is 2.63. The molecule has 4 nitrogen and oxygen atoms in total. The van der Waals surface area contributed by atoms with E-state index in [4.69, 9.17) is 11.6 Å². The van der Waals surface area contributed by atoms with Gasteiger partial charge in [0.25, 0.3) is 0 Å². The summed E-state index contributed by atoms with van der Waals surface area (Å²) in [6.45, 7) is 0. The smallest absolute Gasteiger partial charge is 0.144 e. The predicted octanol–water partition coefficient (Wildman–Crippen LogP) is 4.73. The Kier molecular flexibility index (Phi) is 3.68. The van der Waals surface area contributed by atoms with Crippen LogP contribution in [0.3, 0.4) is 0 Å². The van der Waals surface area contributed by atoms with Gasteiger partial charge in [0.05, 0.1) is 16.9 Å². The molecule has 1 aromatic carbocycles. The number of fused-ring (bicyclic) bond motifs is 1. The summed E-state index contributed by atoms with van der Waals surface area (Å²) in [4.78, 5) is 8.63. The third-order valence-electron chi connectivity index (χ3n) is 3.93. The second-order valence-corrected chi connectivity index (χ2v) is 5.84. The van der Waals surface area contributed by atoms with Crippen molar-refractivity contribution in [1.82, 2.24) is 14.4 Å². The zero-order valence-electron chi connectivity index (χ0n) is 12.8. The number of halogens is 2. The van der Waals surface area contributed by atoms with Gasteiger partial charge in [-0.05, 0) is 36.4 Å². The average molecular weight is 349 g/mol. The maximum atomic E-state index is 13.5. The van der Waals surface area contributed by atoms with Gasteiger partial charge >= 0.3 is 0 Å². The fourth-order valence-electron chi connectivity index (χ4n) is 2.73. The minimum atomic E-state index is -0.471. The number of benzene rings is 1. The summed E-state index contributed by atoms with van der Waals surface area (Å²) < 4.78 is 15.2. The Morgan fingerprint density at radius 3 is 2.72 bits per heavy atom. The molecular weight excluding hydrogens is 339 g/mol. The van der Waals surface area contributed by atoms with Crippen LogP contribution in [0.5, 0.6) is 0 Å². The van der Waals surface area contributed by atoms with Gasteiger partial charge in [0, 0.05) is 29.1 Å². The van der Waals surface area contributed by atoms with Gasteiger partial charge in [-0.3, -0.25) is 9.38 Å². The van der Waals surface area contributed by atoms with E-state index in [0.29, 0.717) is 22.6 Å². The fourth-order valence-corrected chi connectivity index (χ4v) is 2.91. The highest BCUT2D eigenvalue weighted by atomic mass is 35.5. The summed E-state index contributed by atoms with van der Waals surface area (Å²) in [6, 6.07) is 14.1. The van der Waals surface area contributed by atoms with Crippen LogP contribution in [-0.2, 0) is 0 Å². The monoisotopic (exact) mass is 348 g/mol. The molecule has 25 heavy (non-hydrogen) atoms. The van der Waals surface area contributed by atoms with E-state index in [0.717, 1.165) is 11.1 Å². The van der Waals surface area contributed by atoms with E-state index >= 15 is 0 Å². The molecule has 0 aliphatic rings. The van der Waals surface area contributed by atoms with Crippen LogP contribution < -0.4 is 0 Å². The lowest BCUT2D eigenvalue weighted by molar-refractivity contribution is 0.628. The number of imidazole rings is 1. The molecule has 0 fully saturated rings. The molecule has 0 N–H and O–H groups in total. The van der Waals surface area contributed by atoms with Crippen molar-refractivity contribution in [3.63, 3.8) is 0 Å². The standard InChI is InChI=1S/C19H10ClFN4/c20-16-8-12(3-5-17(16)21)19-15(2-1-7-23-19)13-4-6-18-24-10-14(9-22)25(18)11-13/h1-8,10-11H. The summed E-state index contributed by atoms with van der Waals surface area (Å²) >= 11 is 5.91. The SMILES string of the molecule is N#Cc1cnc2ccc(-c3cccnc3-c3ccc(F)c(Cl)c3)cn12. The van der Waals surface area contributed by atoms with Gasteiger partial charge in [-0.2, -0.15) is 5.26 Å². The highest BCUT2D eigenvalue weighted by molar-refractivity contribution is 6.31. The lowest BCUT2D eigenvalue weighted by Crippen LogP contribution is -1.93. The van der Waals surface area contributed by atoms with Crippen molar-refractivity contribution in [3.05, 3.63) is 77.6 Å². The first-order valence-electron chi connectivity index (χ1n) is 7.45. The second-order valence-electron chi connectivity index (χ2n) is 5.43. The van der Waals surface area contributed by atoms with Crippen LogP contribution in [0.25, 0.3) is 28.0 Å². The van der Waals surface area contributed by atoms with Gasteiger partial charge in [0.1, 0.15) is 23.2 Å². The lowest BCUT2D eigenvalue weighted by atomic mass is 10.0. The molecule has 120 valence electrons. The van der Waals surface area contributed by atoms with E-state index in [1.807, 2.05) is 30.5 Å². The molecule has 0 spiro atoms. The molecule has 0 saturated carbocycles. The number of aromatic nitrogens is 3. The second kappa shape index (κ2) is 6.00. The molecule has 0 saturated heterocycles. The Morgan fingerprint density at radius 1 is 1.08 bits per heavy atom. The Labute approximate surface area is 147 Å². The summed E-state index contributed by atoms with van der Waals surface area (Å²) in [5.74, 6) is -0.471. The molecule has 6 heteroatoms. The predicted molar refractivity (Wildman–Crippen MR) is 93.5 cm³/mol. The van der Waals surface area contributed by atoms with Gasteiger partial charge < -0.3 is 0 Å². The van der Waals surface area contributed by atoms with Crippen LogP contribution in [0.2, 0.25) is 5.02 Å². The average Bonchev–Trinajstić information content (AvgIpc) is 3.06. The van der Waals surface area contributed by atoms with Gasteiger partial charge in [-0.25, -0.2) is 9.37 Å². The fraction of sp³-hybridized carbons (Fsp3) is 0. The van der Waals surface area contributed by atoms with Crippen molar-refractivity contribution in [2.45, 2.75) is 0 Å². The van der Waals surface area contributed by atoms with E-state index in [9.17, 15) is 9.65 Å². The minimum absolute atomic E-state index is 0.0472. The lowest BCUT2D eigenvalue weighted by Gasteiger charge is -2.10. The molecule has 0 unspecified atom stereocenters. The van der Waals surface area contributed by atoms with Crippen LogP contribution in [0.15, 0.2) is 61.1 Å². The first-order valence-corrected chi connectivity index (χ1v) is 7.83. The minimum Gasteiger partial charge on any atom is -0.291 e. The van der Waals surface area contributed by atoms with E-state index in [-0.39, 0.29) is 5.02 Å². The molecule has 4 aromatic rings. The zero-order valence-corrected chi connectivity index (χ0v) is 13.6. The largest absolute Gasteiger partial charge is 0.291 e. The third-order valence-corrected chi connectivity index (χ3v) is 4.22. The normalized spacial score (nSPS) is 10.8. The molecule has 0 aliphatic heterocycles. The first kappa shape index (κ1) is 15.3. The molecule has 4 rings (SSSR count). The maximum absolute atomic E-state index is 13.5. The number of nitrogens with zero attached hydrogens (tertiary/aromatic N) is 4. The summed E-state index contributed by atoms with van der Waals surface area (Å²) in [5.41, 5.74) is 4.26. The molecule has 0 atom stereocenters. The number of nitriles is 1. The highest BCUT2D eigenvalue weighted by Crippen LogP contribution is 2.32. The summed E-state index contributed by atoms with van der Waals surface area (Å²) in [5, 5.41) is 9.25. The molecule has 0 bridgehead atoms. The number of hydrogen-bond donors (Lipinski definition) is 0. The molecule has 3 aromatic heterocycles. The van der Waals surface area contributed by atoms with Gasteiger partial charge in [-0.1, -0.05) is 17.7 Å². The van der Waals surface area contributed by atoms with Gasteiger partial charge in [0.2, 0.25) is 0 Å². The maximum Gasteiger partial charge on any atom is 0.144 e. The van der Waals surface area contributed by atoms with E-state index in [1.54, 1.807) is 22.7 Å². The molecule has 0 radical (unpaired) electrons. The number of hydrogen-bond acceptors (Lipinski definition) is 3. The van der Waals surface area contributed by atoms with Crippen molar-refractivity contribution in [2.75, 3.05) is 0 Å². The van der Waals surface area contributed by atoms with E-state index in [1.165, 1.54) is 12.3 Å². The van der Waals surface area contributed by atoms with Crippen molar-refractivity contribution in [2.24, 2.45) is 0 Å². The van der Waals surface area contributed by atoms with Crippen molar-refractivity contribution < 1.29 is 4.39 Å². The van der Waals surface area contributed by atoms with Gasteiger partial charge in [0.15, 0.2) is 0 Å². The van der Waals surface area contributed by atoms with Crippen LogP contribution >= 0.6 is 11.6 Å². The highest BCUT2D eigenvalue weighted by Gasteiger charge is 2.12. The van der Waals surface area contributed by atoms with Crippen LogP contribution in [0.1, 0.15) is 5.69 Å². The Hall–Kier alpha value is -3.23. The zero-order chi connectivity index (χ0) is 17.4. The van der Waals surface area contributed by atoms with Gasteiger partial charge in [-0.15, -0.1) is 0 Å². The van der Waals surface area contributed by atoms with Crippen molar-refractivity contribution in [3.8, 4) is 28.5 Å². The van der Waals surface area contributed by atoms with E-state index < -0.39 is 5.82 Å². The molecule has 0 amide bonds. The van der Waals surface area contributed by atoms with Crippen LogP contribution in [-0.4, -0.2) is 14.4 Å². The van der Waals surface area contributed by atoms with Crippen molar-refractivity contribution in [1.29, 1.82) is 5.26 Å². The molecule has 3 heterocycles. The quantitative estimate of drug-likeness (QED) is 0.526. The Morgan fingerprint density at radius 2 is 1.92 bits per heavy atom. The summed E-state index contributed by atoms with van der Waals surface area (Å²) in [6.07, 6.45) is 5.04. The topological polar surface area (TPSA) is 54.0 Å². The van der Waals surface area contributed by atoms with Crippen LogP contribution in [0, 0.1) is 17.1 Å². The van der Waals surface area contributed by atoms with Crippen LogP contribution in [0.4, 0.5) is 4.39 Å².